The molecule has 2 aliphatic carbocycles. The van der Waals surface area contributed by atoms with E-state index in [-0.39, 0.29) is 15.2 Å². The van der Waals surface area contributed by atoms with Crippen LogP contribution in [0.25, 0.3) is 22.3 Å². The number of fused-ring (bicyclic) bond motifs is 6. The molecule has 0 saturated carbocycles. The van der Waals surface area contributed by atoms with Crippen molar-refractivity contribution in [2.75, 3.05) is 0 Å². The molecule has 4 aromatic carbocycles. The van der Waals surface area contributed by atoms with E-state index in [9.17, 15) is 0 Å². The van der Waals surface area contributed by atoms with Crippen molar-refractivity contribution in [2.24, 2.45) is 0 Å². The van der Waals surface area contributed by atoms with Crippen LogP contribution in [0.5, 0.6) is 0 Å². The molecule has 0 nitrogen and oxygen atoms in total. The van der Waals surface area contributed by atoms with Gasteiger partial charge in [-0.2, -0.15) is 0 Å². The van der Waals surface area contributed by atoms with Crippen molar-refractivity contribution < 1.29 is 0 Å². The van der Waals surface area contributed by atoms with Crippen LogP contribution in [0.15, 0.2) is 84.9 Å². The Balaban J connectivity index is 1.43. The summed E-state index contributed by atoms with van der Waals surface area (Å²) in [5.41, 5.74) is 11.8. The third-order valence-electron chi connectivity index (χ3n) is 6.09. The maximum atomic E-state index is 2.36. The minimum absolute atomic E-state index is 0.105. The number of hydrogen-bond acceptors (Lipinski definition) is 0. The molecule has 0 amide bonds. The first-order chi connectivity index (χ1) is 13.4. The number of rotatable bonds is 2. The first kappa shape index (κ1) is 15.5. The monoisotopic (exact) mass is 357 g/mol. The molecule has 0 unspecified atom stereocenters. The Labute approximate surface area is 166 Å². The van der Waals surface area contributed by atoms with Crippen molar-refractivity contribution in [3.05, 3.63) is 107 Å². The van der Waals surface area contributed by atoms with E-state index in [2.05, 4.69) is 84.9 Å². The zero-order valence-corrected chi connectivity index (χ0v) is 16.2. The fourth-order valence-corrected chi connectivity index (χ4v) is 6.42. The van der Waals surface area contributed by atoms with Gasteiger partial charge in [0.15, 0.2) is 0 Å². The summed E-state index contributed by atoms with van der Waals surface area (Å²) in [6, 6.07) is 31.6. The van der Waals surface area contributed by atoms with E-state index in [1.807, 2.05) is 0 Å². The molecule has 27 heavy (non-hydrogen) atoms. The van der Waals surface area contributed by atoms with Gasteiger partial charge < -0.3 is 0 Å². The van der Waals surface area contributed by atoms with Crippen LogP contribution in [0.1, 0.15) is 22.3 Å². The molecule has 0 saturated heterocycles. The summed E-state index contributed by atoms with van der Waals surface area (Å²) in [5.74, 6) is 0. The van der Waals surface area contributed by atoms with Crippen LogP contribution in [-0.4, -0.2) is 15.2 Å². The summed E-state index contributed by atoms with van der Waals surface area (Å²) in [6.45, 7) is 0. The van der Waals surface area contributed by atoms with Gasteiger partial charge in [-0.1, -0.05) is 0 Å². The van der Waals surface area contributed by atoms with Crippen molar-refractivity contribution in [1.29, 1.82) is 0 Å². The standard InChI is InChI=1S/2C13H9.Al/c2*1-3-7-12-10(5-1)9-11-6-2-4-8-13(11)12;/h2*1-5,7-8H,9H2;/q;;+1. The molecule has 0 aromatic heterocycles. The van der Waals surface area contributed by atoms with Crippen LogP contribution in [0, 0.1) is 0 Å². The second-order valence-electron chi connectivity index (χ2n) is 7.56. The molecular formula is C26H18Al+. The van der Waals surface area contributed by atoms with Gasteiger partial charge >= 0.3 is 166 Å². The summed E-state index contributed by atoms with van der Waals surface area (Å²) >= 11 is 0.105. The average Bonchev–Trinajstić information content (AvgIpc) is 3.28. The van der Waals surface area contributed by atoms with Crippen molar-refractivity contribution in [1.82, 2.24) is 0 Å². The van der Waals surface area contributed by atoms with Gasteiger partial charge in [-0.15, -0.1) is 0 Å². The Hall–Kier alpha value is -2.59. The molecule has 2 aliphatic rings. The zero-order chi connectivity index (χ0) is 17.8. The first-order valence-corrected chi connectivity index (χ1v) is 10.8. The second kappa shape index (κ2) is 5.96. The van der Waals surface area contributed by atoms with Crippen LogP contribution in [0.4, 0.5) is 0 Å². The second-order valence-corrected chi connectivity index (χ2v) is 9.09. The third kappa shape index (κ3) is 2.36. The van der Waals surface area contributed by atoms with E-state index in [0.717, 1.165) is 12.8 Å². The van der Waals surface area contributed by atoms with Crippen LogP contribution < -0.4 is 8.85 Å². The Morgan fingerprint density at radius 3 is 1.41 bits per heavy atom. The zero-order valence-electron chi connectivity index (χ0n) is 15.1. The Morgan fingerprint density at radius 2 is 0.889 bits per heavy atom. The molecule has 4 aromatic rings. The first-order valence-electron chi connectivity index (χ1n) is 9.63. The molecule has 0 fully saturated rings. The molecule has 0 atom stereocenters. The van der Waals surface area contributed by atoms with Crippen molar-refractivity contribution in [3.63, 3.8) is 0 Å². The van der Waals surface area contributed by atoms with E-state index >= 15 is 0 Å². The molecule has 0 spiro atoms. The van der Waals surface area contributed by atoms with Gasteiger partial charge in [-0.05, 0) is 0 Å². The van der Waals surface area contributed by atoms with Gasteiger partial charge in [0.1, 0.15) is 0 Å². The van der Waals surface area contributed by atoms with E-state index in [1.54, 1.807) is 20.0 Å². The molecule has 124 valence electrons. The number of hydrogen-bond donors (Lipinski definition) is 0. The molecule has 1 heteroatoms. The molecule has 0 heterocycles. The molecular weight excluding hydrogens is 339 g/mol. The van der Waals surface area contributed by atoms with Gasteiger partial charge in [0.25, 0.3) is 0 Å². The Bertz CT molecular complexity index is 1110. The SMILES string of the molecule is c1ccc2c(c1)Cc1[c]([Al+][c]3cccc4c3Cc3ccccc3-4)cccc1-2. The van der Waals surface area contributed by atoms with Crippen LogP contribution in [-0.2, 0) is 12.8 Å². The molecule has 0 radical (unpaired) electrons. The predicted molar refractivity (Wildman–Crippen MR) is 114 cm³/mol. The summed E-state index contributed by atoms with van der Waals surface area (Å²) in [5, 5.41) is 0. The summed E-state index contributed by atoms with van der Waals surface area (Å²) in [7, 11) is 0. The average molecular weight is 357 g/mol. The molecule has 6 rings (SSSR count). The van der Waals surface area contributed by atoms with Crippen LogP contribution in [0.3, 0.4) is 0 Å². The number of benzene rings is 4. The van der Waals surface area contributed by atoms with Gasteiger partial charge in [0, 0.05) is 0 Å². The van der Waals surface area contributed by atoms with Crippen molar-refractivity contribution in [2.45, 2.75) is 12.8 Å². The van der Waals surface area contributed by atoms with Gasteiger partial charge in [0.2, 0.25) is 0 Å². The van der Waals surface area contributed by atoms with Crippen molar-refractivity contribution >= 4 is 24.1 Å². The minimum atomic E-state index is 0.105. The van der Waals surface area contributed by atoms with E-state index < -0.39 is 0 Å². The van der Waals surface area contributed by atoms with Gasteiger partial charge in [-0.3, -0.25) is 0 Å². The molecule has 0 N–H and O–H groups in total. The third-order valence-corrected chi connectivity index (χ3v) is 7.79. The van der Waals surface area contributed by atoms with Gasteiger partial charge in [-0.25, -0.2) is 0 Å². The maximum absolute atomic E-state index is 2.36. The fraction of sp³-hybridized carbons (Fsp3) is 0.0769. The van der Waals surface area contributed by atoms with Gasteiger partial charge in [0.05, 0.1) is 0 Å². The van der Waals surface area contributed by atoms with Crippen LogP contribution in [0.2, 0.25) is 0 Å². The quantitative estimate of drug-likeness (QED) is 0.401. The molecule has 0 bridgehead atoms. The van der Waals surface area contributed by atoms with E-state index in [1.165, 1.54) is 33.4 Å². The summed E-state index contributed by atoms with van der Waals surface area (Å²) in [6.07, 6.45) is 2.17. The summed E-state index contributed by atoms with van der Waals surface area (Å²) < 4.78 is 3.13. The van der Waals surface area contributed by atoms with E-state index in [0.29, 0.717) is 0 Å². The predicted octanol–water partition coefficient (Wildman–Crippen LogP) is 4.48. The normalized spacial score (nSPS) is 12.7. The van der Waals surface area contributed by atoms with Crippen molar-refractivity contribution in [3.8, 4) is 22.3 Å². The topological polar surface area (TPSA) is 0 Å². The Kier molecular flexibility index (Phi) is 3.42. The summed E-state index contributed by atoms with van der Waals surface area (Å²) in [4.78, 5) is 0. The van der Waals surface area contributed by atoms with Crippen LogP contribution >= 0.6 is 0 Å². The molecule has 0 aliphatic heterocycles. The van der Waals surface area contributed by atoms with E-state index in [4.69, 9.17) is 0 Å². The Morgan fingerprint density at radius 1 is 0.444 bits per heavy atom. The fourth-order valence-electron chi connectivity index (χ4n) is 4.80.